The van der Waals surface area contributed by atoms with E-state index in [4.69, 9.17) is 14.2 Å². The van der Waals surface area contributed by atoms with Gasteiger partial charge in [0.05, 0.1) is 0 Å². The summed E-state index contributed by atoms with van der Waals surface area (Å²) in [5, 5.41) is 8.04. The molecule has 1 aliphatic rings. The van der Waals surface area contributed by atoms with Crippen LogP contribution in [0.4, 0.5) is 0 Å². The lowest BCUT2D eigenvalue weighted by Crippen LogP contribution is -2.28. The van der Waals surface area contributed by atoms with Gasteiger partial charge in [-0.2, -0.15) is 0 Å². The molecule has 1 aliphatic heterocycles. The molecule has 3 rings (SSSR count). The molecular weight excluding hydrogens is 346 g/mol. The number of fused-ring (bicyclic) bond motifs is 1. The predicted molar refractivity (Wildman–Crippen MR) is 90.5 cm³/mol. The normalized spacial score (nSPS) is 12.6. The zero-order valence-corrected chi connectivity index (χ0v) is 14.4. The topological polar surface area (TPSA) is 92.5 Å². The monoisotopic (exact) mass is 361 g/mol. The average Bonchev–Trinajstić information content (AvgIpc) is 3.08. The molecule has 2 heterocycles. The van der Waals surface area contributed by atoms with Gasteiger partial charge >= 0.3 is 5.97 Å². The second-order valence-corrected chi connectivity index (χ2v) is 5.82. The van der Waals surface area contributed by atoms with Gasteiger partial charge in [0.1, 0.15) is 5.69 Å². The highest BCUT2D eigenvalue weighted by Crippen LogP contribution is 2.32. The maximum absolute atomic E-state index is 12.1. The van der Waals surface area contributed by atoms with E-state index in [0.29, 0.717) is 16.7 Å². The SMILES string of the molecule is CSc1nnc(C)c(=O)n1COC(=O)C=Cc1ccc2c(c1)OCO2. The predicted octanol–water partition coefficient (Wildman–Crippen LogP) is 1.61. The van der Waals surface area contributed by atoms with E-state index in [1.165, 1.54) is 22.4 Å². The van der Waals surface area contributed by atoms with Gasteiger partial charge in [0.15, 0.2) is 23.4 Å². The fourth-order valence-electron chi connectivity index (χ4n) is 2.12. The molecule has 25 heavy (non-hydrogen) atoms. The molecule has 0 N–H and O–H groups in total. The Hall–Kier alpha value is -2.81. The minimum Gasteiger partial charge on any atom is -0.454 e. The van der Waals surface area contributed by atoms with Gasteiger partial charge in [-0.3, -0.25) is 4.79 Å². The number of hydrogen-bond acceptors (Lipinski definition) is 8. The van der Waals surface area contributed by atoms with Crippen LogP contribution in [0.2, 0.25) is 0 Å². The highest BCUT2D eigenvalue weighted by molar-refractivity contribution is 7.98. The van der Waals surface area contributed by atoms with Gasteiger partial charge in [-0.05, 0) is 37.0 Å². The number of rotatable bonds is 5. The third kappa shape index (κ3) is 3.82. The molecule has 1 aromatic carbocycles. The Kier molecular flexibility index (Phi) is 5.03. The maximum atomic E-state index is 12.1. The number of ether oxygens (including phenoxy) is 3. The zero-order chi connectivity index (χ0) is 17.8. The molecule has 0 bridgehead atoms. The number of carbonyl (C=O) groups excluding carboxylic acids is 1. The Morgan fingerprint density at radius 2 is 2.16 bits per heavy atom. The summed E-state index contributed by atoms with van der Waals surface area (Å²) in [5.41, 5.74) is 0.668. The Bertz CT molecular complexity index is 894. The number of carbonyl (C=O) groups is 1. The molecule has 0 saturated heterocycles. The van der Waals surface area contributed by atoms with Crippen molar-refractivity contribution in [1.29, 1.82) is 0 Å². The Morgan fingerprint density at radius 1 is 1.36 bits per heavy atom. The van der Waals surface area contributed by atoms with Crippen LogP contribution in [0, 0.1) is 6.92 Å². The zero-order valence-electron chi connectivity index (χ0n) is 13.6. The number of nitrogens with zero attached hydrogens (tertiary/aromatic N) is 3. The molecular formula is C16H15N3O5S. The van der Waals surface area contributed by atoms with Crippen LogP contribution < -0.4 is 15.0 Å². The van der Waals surface area contributed by atoms with Crippen molar-refractivity contribution in [2.75, 3.05) is 13.0 Å². The number of hydrogen-bond donors (Lipinski definition) is 0. The van der Waals surface area contributed by atoms with Crippen LogP contribution in [0.25, 0.3) is 6.08 Å². The smallest absolute Gasteiger partial charge is 0.332 e. The molecule has 0 atom stereocenters. The molecule has 0 aliphatic carbocycles. The van der Waals surface area contributed by atoms with E-state index in [-0.39, 0.29) is 24.8 Å². The van der Waals surface area contributed by atoms with Gasteiger partial charge in [0.25, 0.3) is 5.56 Å². The lowest BCUT2D eigenvalue weighted by Gasteiger charge is -2.09. The van der Waals surface area contributed by atoms with Crippen LogP contribution in [0.1, 0.15) is 11.3 Å². The third-order valence-electron chi connectivity index (χ3n) is 3.40. The maximum Gasteiger partial charge on any atom is 0.332 e. The number of thioether (sulfide) groups is 1. The van der Waals surface area contributed by atoms with Crippen molar-refractivity contribution < 1.29 is 19.0 Å². The van der Waals surface area contributed by atoms with Crippen LogP contribution in [-0.4, -0.2) is 33.8 Å². The lowest BCUT2D eigenvalue weighted by molar-refractivity contribution is -0.141. The highest BCUT2D eigenvalue weighted by Gasteiger charge is 2.13. The van der Waals surface area contributed by atoms with Gasteiger partial charge < -0.3 is 14.2 Å². The summed E-state index contributed by atoms with van der Waals surface area (Å²) in [6.45, 7) is 1.52. The lowest BCUT2D eigenvalue weighted by atomic mass is 10.2. The summed E-state index contributed by atoms with van der Waals surface area (Å²) < 4.78 is 16.9. The van der Waals surface area contributed by atoms with E-state index >= 15 is 0 Å². The Balaban J connectivity index is 1.66. The largest absolute Gasteiger partial charge is 0.454 e. The molecule has 0 spiro atoms. The van der Waals surface area contributed by atoms with Crippen LogP contribution in [0.5, 0.6) is 11.5 Å². The number of aromatic nitrogens is 3. The summed E-state index contributed by atoms with van der Waals surface area (Å²) in [4.78, 5) is 24.0. The number of aryl methyl sites for hydroxylation is 1. The first-order valence-corrected chi connectivity index (χ1v) is 8.53. The van der Waals surface area contributed by atoms with Gasteiger partial charge in [-0.1, -0.05) is 17.8 Å². The average molecular weight is 361 g/mol. The summed E-state index contributed by atoms with van der Waals surface area (Å²) in [6, 6.07) is 5.32. The standard InChI is InChI=1S/C16H15N3O5S/c1-10-15(21)19(16(25-2)18-17-10)8-22-14(20)6-4-11-3-5-12-13(7-11)24-9-23-12/h3-7H,8-9H2,1-2H3. The van der Waals surface area contributed by atoms with E-state index < -0.39 is 5.97 Å². The molecule has 0 unspecified atom stereocenters. The van der Waals surface area contributed by atoms with Crippen molar-refractivity contribution >= 4 is 23.8 Å². The van der Waals surface area contributed by atoms with E-state index in [9.17, 15) is 9.59 Å². The first-order chi connectivity index (χ1) is 12.1. The van der Waals surface area contributed by atoms with Gasteiger partial charge in [0, 0.05) is 6.08 Å². The fourth-order valence-corrected chi connectivity index (χ4v) is 2.60. The first kappa shape index (κ1) is 17.0. The van der Waals surface area contributed by atoms with E-state index in [1.54, 1.807) is 37.5 Å². The van der Waals surface area contributed by atoms with Crippen molar-refractivity contribution in [1.82, 2.24) is 14.8 Å². The number of benzene rings is 1. The Labute approximate surface area is 147 Å². The molecule has 0 amide bonds. The van der Waals surface area contributed by atoms with Crippen LogP contribution in [0.15, 0.2) is 34.2 Å². The second kappa shape index (κ2) is 7.39. The summed E-state index contributed by atoms with van der Waals surface area (Å²) >= 11 is 1.25. The molecule has 0 fully saturated rings. The van der Waals surface area contributed by atoms with E-state index in [0.717, 1.165) is 5.56 Å². The van der Waals surface area contributed by atoms with Crippen molar-refractivity contribution in [2.24, 2.45) is 0 Å². The fraction of sp³-hybridized carbons (Fsp3) is 0.250. The molecule has 0 saturated carbocycles. The number of esters is 1. The third-order valence-corrected chi connectivity index (χ3v) is 4.07. The molecule has 8 nitrogen and oxygen atoms in total. The highest BCUT2D eigenvalue weighted by atomic mass is 32.2. The molecule has 130 valence electrons. The van der Waals surface area contributed by atoms with E-state index in [1.807, 2.05) is 0 Å². The van der Waals surface area contributed by atoms with Crippen molar-refractivity contribution in [3.8, 4) is 11.5 Å². The quantitative estimate of drug-likeness (QED) is 0.451. The first-order valence-electron chi connectivity index (χ1n) is 7.31. The van der Waals surface area contributed by atoms with Gasteiger partial charge in [-0.15, -0.1) is 10.2 Å². The summed E-state index contributed by atoms with van der Waals surface area (Å²) in [6.07, 6.45) is 4.64. The Morgan fingerprint density at radius 3 is 2.96 bits per heavy atom. The summed E-state index contributed by atoms with van der Waals surface area (Å²) in [7, 11) is 0. The molecule has 2 aromatic rings. The van der Waals surface area contributed by atoms with Crippen LogP contribution >= 0.6 is 11.8 Å². The van der Waals surface area contributed by atoms with Crippen molar-refractivity contribution in [2.45, 2.75) is 18.8 Å². The minimum atomic E-state index is -0.578. The van der Waals surface area contributed by atoms with Crippen molar-refractivity contribution in [3.05, 3.63) is 45.9 Å². The summed E-state index contributed by atoms with van der Waals surface area (Å²) in [5.74, 6) is 0.723. The minimum absolute atomic E-state index is 0.191. The van der Waals surface area contributed by atoms with Crippen LogP contribution in [0.3, 0.4) is 0 Å². The van der Waals surface area contributed by atoms with Gasteiger partial charge in [0.2, 0.25) is 6.79 Å². The van der Waals surface area contributed by atoms with E-state index in [2.05, 4.69) is 10.2 Å². The molecule has 1 aromatic heterocycles. The molecule has 9 heteroatoms. The van der Waals surface area contributed by atoms with Gasteiger partial charge in [-0.25, -0.2) is 9.36 Å². The molecule has 0 radical (unpaired) electrons. The van der Waals surface area contributed by atoms with Crippen LogP contribution in [-0.2, 0) is 16.3 Å². The second-order valence-electron chi connectivity index (χ2n) is 5.04. The van der Waals surface area contributed by atoms with Crippen molar-refractivity contribution in [3.63, 3.8) is 0 Å².